The number of non-ortho nitro benzene ring substituents is 1. The van der Waals surface area contributed by atoms with Crippen molar-refractivity contribution >= 4 is 29.3 Å². The van der Waals surface area contributed by atoms with Crippen molar-refractivity contribution in [2.24, 2.45) is 22.9 Å². The molecule has 2 N–H and O–H groups in total. The van der Waals surface area contributed by atoms with Crippen molar-refractivity contribution in [3.05, 3.63) is 130 Å². The van der Waals surface area contributed by atoms with Gasteiger partial charge in [0.05, 0.1) is 23.2 Å². The second kappa shape index (κ2) is 21.7. The summed E-state index contributed by atoms with van der Waals surface area (Å²) in [6, 6.07) is 23.6. The average Bonchev–Trinajstić information content (AvgIpc) is 3.81. The van der Waals surface area contributed by atoms with Gasteiger partial charge in [-0.15, -0.1) is 18.3 Å². The Morgan fingerprint density at radius 1 is 0.928 bits per heavy atom. The molecule has 15 nitrogen and oxygen atoms in total. The topological polar surface area (TPSA) is 181 Å². The molecule has 0 spiro atoms. The summed E-state index contributed by atoms with van der Waals surface area (Å²) in [5, 5.41) is 36.6. The first-order valence-corrected chi connectivity index (χ1v) is 24.8. The molecule has 0 saturated heterocycles. The van der Waals surface area contributed by atoms with E-state index in [1.165, 1.54) is 24.3 Å². The summed E-state index contributed by atoms with van der Waals surface area (Å²) in [7, 11) is 0. The van der Waals surface area contributed by atoms with Gasteiger partial charge in [0.1, 0.15) is 34.6 Å². The van der Waals surface area contributed by atoms with Crippen molar-refractivity contribution in [3.8, 4) is 34.5 Å². The van der Waals surface area contributed by atoms with E-state index in [4.69, 9.17) is 38.4 Å². The molecule has 366 valence electrons. The van der Waals surface area contributed by atoms with Crippen LogP contribution in [0.3, 0.4) is 0 Å². The number of rotatable bonds is 20. The average molecular weight is 964 g/mol. The summed E-state index contributed by atoms with van der Waals surface area (Å²) in [6.07, 6.45) is 9.59. The number of carbonyl (C=O) groups excluding carboxylic acids is 1. The zero-order chi connectivity index (χ0) is 48.7. The zero-order valence-corrected chi connectivity index (χ0v) is 40.4. The van der Waals surface area contributed by atoms with Gasteiger partial charge in [0.25, 0.3) is 5.69 Å². The molecule has 0 aromatic heterocycles. The van der Waals surface area contributed by atoms with Crippen molar-refractivity contribution in [2.75, 3.05) is 32.9 Å². The SMILES string of the molecule is C=CCO[C@@]12Oc3ccc(Oc4ccc(SC)cc4)cc3[C@H]3[C@H](CCCCO)[C@@H](CCCCO)C=C(C(=NOC(C)(C)C)C[C@@H]1N(Cc1ccc4c(c1)OCO4)C(=O)Oc1ccc([N+](=O)[O-])cc1)[C@H]32. The number of oxime groups is 1. The highest BCUT2D eigenvalue weighted by atomic mass is 32.2. The van der Waals surface area contributed by atoms with Crippen molar-refractivity contribution < 1.29 is 53.2 Å². The molecular formula is C53H61N3O12S. The number of benzene rings is 4. The largest absolute Gasteiger partial charge is 0.459 e. The highest BCUT2D eigenvalue weighted by Gasteiger charge is 2.66. The first-order chi connectivity index (χ1) is 33.3. The molecule has 0 bridgehead atoms. The maximum atomic E-state index is 15.2. The fourth-order valence-electron chi connectivity index (χ4n) is 10.0. The third kappa shape index (κ3) is 11.0. The van der Waals surface area contributed by atoms with E-state index in [1.807, 2.05) is 81.6 Å². The number of nitro benzene ring substituents is 1. The van der Waals surface area contributed by atoms with Gasteiger partial charge in [-0.3, -0.25) is 15.0 Å². The van der Waals surface area contributed by atoms with Crippen molar-refractivity contribution in [1.82, 2.24) is 4.90 Å². The minimum absolute atomic E-state index is 0.00596. The lowest BCUT2D eigenvalue weighted by Gasteiger charge is -2.60. The maximum Gasteiger partial charge on any atom is 0.416 e. The quantitative estimate of drug-likeness (QED) is 0.0281. The molecule has 2 aliphatic carbocycles. The number of hydrogen-bond acceptors (Lipinski definition) is 14. The number of fused-ring (bicyclic) bond motifs is 3. The van der Waals surface area contributed by atoms with E-state index < -0.39 is 34.4 Å². The van der Waals surface area contributed by atoms with Crippen LogP contribution in [-0.4, -0.2) is 82.1 Å². The van der Waals surface area contributed by atoms with Gasteiger partial charge >= 0.3 is 6.09 Å². The van der Waals surface area contributed by atoms with Gasteiger partial charge in [-0.05, 0) is 142 Å². The summed E-state index contributed by atoms with van der Waals surface area (Å²) >= 11 is 1.65. The van der Waals surface area contributed by atoms with Crippen molar-refractivity contribution in [1.29, 1.82) is 0 Å². The predicted molar refractivity (Wildman–Crippen MR) is 261 cm³/mol. The van der Waals surface area contributed by atoms with Gasteiger partial charge in [-0.2, -0.15) is 0 Å². The van der Waals surface area contributed by atoms with Gasteiger partial charge in [0.2, 0.25) is 12.6 Å². The molecule has 1 amide bonds. The highest BCUT2D eigenvalue weighted by molar-refractivity contribution is 7.98. The summed E-state index contributed by atoms with van der Waals surface area (Å²) in [6.45, 7) is 10.0. The van der Waals surface area contributed by atoms with Crippen LogP contribution in [0, 0.1) is 27.9 Å². The predicted octanol–water partition coefficient (Wildman–Crippen LogP) is 11.0. The van der Waals surface area contributed by atoms with Crippen LogP contribution in [-0.2, 0) is 16.1 Å². The van der Waals surface area contributed by atoms with Gasteiger partial charge in [-0.25, -0.2) is 4.79 Å². The van der Waals surface area contributed by atoms with Crippen molar-refractivity contribution in [2.45, 2.75) is 101 Å². The van der Waals surface area contributed by atoms with Gasteiger partial charge in [-0.1, -0.05) is 36.2 Å². The highest BCUT2D eigenvalue weighted by Crippen LogP contribution is 2.62. The lowest BCUT2D eigenvalue weighted by Crippen LogP contribution is -2.70. The number of ether oxygens (including phenoxy) is 6. The Hall–Kier alpha value is -6.07. The molecule has 6 atom stereocenters. The molecule has 69 heavy (non-hydrogen) atoms. The molecule has 2 heterocycles. The second-order valence-electron chi connectivity index (χ2n) is 18.7. The Labute approximate surface area is 407 Å². The summed E-state index contributed by atoms with van der Waals surface area (Å²) in [4.78, 5) is 35.3. The van der Waals surface area contributed by atoms with E-state index in [0.717, 1.165) is 41.7 Å². The minimum atomic E-state index is -1.61. The van der Waals surface area contributed by atoms with Gasteiger partial charge in [0.15, 0.2) is 11.5 Å². The molecule has 0 radical (unpaired) electrons. The normalized spacial score (nSPS) is 22.7. The lowest BCUT2D eigenvalue weighted by atomic mass is 9.55. The van der Waals surface area contributed by atoms with E-state index >= 15 is 4.79 Å². The molecule has 1 saturated carbocycles. The standard InChI is InChI=1S/C53H61N3O12S/c1-6-27-64-53-48(55(32-34-13-23-46-47(28-34)63-33-62-46)51(59)66-38-16-14-36(15-17-38)56(60)61)31-44(54-68-52(2,3)4)42-29-35(11-7-9-25-57)41(12-8-10-26-58)49(50(42)53)43-30-39(20-24-45(43)67-53)65-37-18-21-40(69-5)22-19-37/h6,13-24,28-30,35,41,48-50,57-58H,1,7-12,25-27,31-33H2,2-5H3/t35-,41+,48-,49+,50+,53+/m0/s1. The third-order valence-electron chi connectivity index (χ3n) is 13.0. The van der Waals surface area contributed by atoms with E-state index in [-0.39, 0.29) is 68.8 Å². The van der Waals surface area contributed by atoms with Crippen molar-refractivity contribution in [3.63, 3.8) is 0 Å². The number of hydrogen-bond donors (Lipinski definition) is 2. The number of nitrogens with zero attached hydrogens (tertiary/aromatic N) is 3. The molecule has 8 rings (SSSR count). The fraction of sp³-hybridized carbons (Fsp3) is 0.434. The number of thioether (sulfide) groups is 1. The Kier molecular flexibility index (Phi) is 15.5. The van der Waals surface area contributed by atoms with Crippen LogP contribution in [0.5, 0.6) is 34.5 Å². The molecule has 4 aromatic carbocycles. The van der Waals surface area contributed by atoms with Gasteiger partial charge in [0, 0.05) is 54.7 Å². The maximum absolute atomic E-state index is 15.2. The first-order valence-electron chi connectivity index (χ1n) is 23.5. The molecule has 2 aliphatic heterocycles. The molecule has 1 fully saturated rings. The minimum Gasteiger partial charge on any atom is -0.459 e. The number of amides is 1. The molecule has 4 aliphatic rings. The molecule has 16 heteroatoms. The first kappa shape index (κ1) is 49.4. The van der Waals surface area contributed by atoms with Crippen LogP contribution < -0.4 is 23.7 Å². The Bertz CT molecular complexity index is 2530. The van der Waals surface area contributed by atoms with E-state index in [0.29, 0.717) is 52.9 Å². The number of carbonyl (C=O) groups is 1. The smallest absolute Gasteiger partial charge is 0.416 e. The number of allylic oxidation sites excluding steroid dienone is 1. The van der Waals surface area contributed by atoms with Crippen LogP contribution in [0.25, 0.3) is 0 Å². The number of nitro groups is 1. The molecule has 4 aromatic rings. The van der Waals surface area contributed by atoms with Crippen LogP contribution in [0.15, 0.2) is 119 Å². The van der Waals surface area contributed by atoms with Crippen LogP contribution in [0.2, 0.25) is 0 Å². The van der Waals surface area contributed by atoms with E-state index in [9.17, 15) is 20.3 Å². The zero-order valence-electron chi connectivity index (χ0n) is 39.5. The summed E-state index contributed by atoms with van der Waals surface area (Å²) in [5.41, 5.74) is 2.23. The molecular weight excluding hydrogens is 903 g/mol. The monoisotopic (exact) mass is 963 g/mol. The number of unbranched alkanes of at least 4 members (excludes halogenated alkanes) is 2. The van der Waals surface area contributed by atoms with Gasteiger partial charge < -0.3 is 43.5 Å². The van der Waals surface area contributed by atoms with Crippen LogP contribution in [0.4, 0.5) is 10.5 Å². The number of aliphatic hydroxyl groups excluding tert-OH is 2. The Morgan fingerprint density at radius 3 is 2.32 bits per heavy atom. The third-order valence-corrected chi connectivity index (χ3v) is 13.8. The number of aliphatic hydroxyl groups is 2. The molecule has 0 unspecified atom stereocenters. The summed E-state index contributed by atoms with van der Waals surface area (Å²) in [5.74, 6) is 0.472. The fourth-order valence-corrected chi connectivity index (χ4v) is 10.4. The van der Waals surface area contributed by atoms with E-state index in [2.05, 4.69) is 12.7 Å². The van der Waals surface area contributed by atoms with Crippen LogP contribution >= 0.6 is 11.8 Å². The van der Waals surface area contributed by atoms with Crippen LogP contribution in [0.1, 0.15) is 82.8 Å². The Balaban J connectivity index is 1.34. The Morgan fingerprint density at radius 2 is 1.62 bits per heavy atom. The summed E-state index contributed by atoms with van der Waals surface area (Å²) < 4.78 is 38.7. The second-order valence-corrected chi connectivity index (χ2v) is 19.6. The lowest BCUT2D eigenvalue weighted by molar-refractivity contribution is -0.384. The van der Waals surface area contributed by atoms with E-state index in [1.54, 1.807) is 28.8 Å².